The van der Waals surface area contributed by atoms with E-state index in [2.05, 4.69) is 5.32 Å². The van der Waals surface area contributed by atoms with Gasteiger partial charge in [0.25, 0.3) is 0 Å². The second-order valence-electron chi connectivity index (χ2n) is 4.23. The summed E-state index contributed by atoms with van der Waals surface area (Å²) in [7, 11) is 0. The van der Waals surface area contributed by atoms with Crippen molar-refractivity contribution in [3.8, 4) is 0 Å². The number of thiophene rings is 1. The molecular weight excluding hydrogens is 196 g/mol. The lowest BCUT2D eigenvalue weighted by atomic mass is 10.1. The van der Waals surface area contributed by atoms with E-state index < -0.39 is 6.04 Å². The Morgan fingerprint density at radius 1 is 1.57 bits per heavy atom. The highest BCUT2D eigenvalue weighted by molar-refractivity contribution is 7.10. The van der Waals surface area contributed by atoms with E-state index in [0.29, 0.717) is 0 Å². The van der Waals surface area contributed by atoms with Gasteiger partial charge in [-0.05, 0) is 32.2 Å². The van der Waals surface area contributed by atoms with Crippen molar-refractivity contribution in [1.29, 1.82) is 0 Å². The van der Waals surface area contributed by atoms with E-state index in [1.54, 1.807) is 0 Å². The first kappa shape index (κ1) is 11.2. The molecule has 0 aliphatic rings. The van der Waals surface area contributed by atoms with E-state index in [1.165, 1.54) is 11.3 Å². The molecule has 0 aromatic carbocycles. The minimum absolute atomic E-state index is 0.125. The van der Waals surface area contributed by atoms with Crippen LogP contribution in [0.5, 0.6) is 0 Å². The molecule has 1 heterocycles. The lowest BCUT2D eigenvalue weighted by Crippen LogP contribution is -2.45. The number of nitrogens with one attached hydrogen (secondary N) is 1. The number of hydrogen-bond acceptors (Lipinski definition) is 3. The van der Waals surface area contributed by atoms with Crippen molar-refractivity contribution in [2.45, 2.75) is 32.4 Å². The summed E-state index contributed by atoms with van der Waals surface area (Å²) in [5.74, 6) is -0.125. The normalized spacial score (nSPS) is 13.7. The third kappa shape index (κ3) is 3.12. The van der Waals surface area contributed by atoms with E-state index in [-0.39, 0.29) is 11.4 Å². The summed E-state index contributed by atoms with van der Waals surface area (Å²) in [6.45, 7) is 5.81. The van der Waals surface area contributed by atoms with Crippen LogP contribution in [0.25, 0.3) is 0 Å². The second kappa shape index (κ2) is 4.11. The standard InChI is InChI=1S/C10H16N2OS/c1-10(2,3)12-9(13)8(11)7-5-4-6-14-7/h4-6,8H,11H2,1-3H3,(H,12,13). The Hall–Kier alpha value is -0.870. The molecule has 3 N–H and O–H groups in total. The average Bonchev–Trinajstić information content (AvgIpc) is 2.51. The van der Waals surface area contributed by atoms with Crippen molar-refractivity contribution in [2.75, 3.05) is 0 Å². The van der Waals surface area contributed by atoms with Gasteiger partial charge in [0.1, 0.15) is 6.04 Å². The van der Waals surface area contributed by atoms with Gasteiger partial charge in [-0.2, -0.15) is 0 Å². The number of amides is 1. The van der Waals surface area contributed by atoms with Crippen LogP contribution >= 0.6 is 11.3 Å². The molecule has 0 spiro atoms. The molecule has 0 aliphatic carbocycles. The van der Waals surface area contributed by atoms with Gasteiger partial charge in [-0.15, -0.1) is 11.3 Å². The molecule has 0 fully saturated rings. The van der Waals surface area contributed by atoms with Crippen molar-refractivity contribution in [3.63, 3.8) is 0 Å². The average molecular weight is 212 g/mol. The Morgan fingerprint density at radius 3 is 2.64 bits per heavy atom. The highest BCUT2D eigenvalue weighted by Crippen LogP contribution is 2.17. The predicted molar refractivity (Wildman–Crippen MR) is 59.1 cm³/mol. The second-order valence-corrected chi connectivity index (χ2v) is 5.21. The van der Waals surface area contributed by atoms with Crippen LogP contribution in [0.3, 0.4) is 0 Å². The zero-order chi connectivity index (χ0) is 10.8. The molecule has 1 amide bonds. The van der Waals surface area contributed by atoms with Crippen molar-refractivity contribution >= 4 is 17.2 Å². The summed E-state index contributed by atoms with van der Waals surface area (Å²) >= 11 is 1.50. The van der Waals surface area contributed by atoms with Gasteiger partial charge in [0.05, 0.1) is 0 Å². The molecule has 4 heteroatoms. The van der Waals surface area contributed by atoms with Crippen molar-refractivity contribution < 1.29 is 4.79 Å². The van der Waals surface area contributed by atoms with Crippen molar-refractivity contribution in [3.05, 3.63) is 22.4 Å². The van der Waals surface area contributed by atoms with Crippen LogP contribution in [0.15, 0.2) is 17.5 Å². The lowest BCUT2D eigenvalue weighted by Gasteiger charge is -2.22. The van der Waals surface area contributed by atoms with E-state index in [9.17, 15) is 4.79 Å². The molecule has 3 nitrogen and oxygen atoms in total. The fourth-order valence-corrected chi connectivity index (χ4v) is 1.77. The van der Waals surface area contributed by atoms with Gasteiger partial charge in [0.2, 0.25) is 5.91 Å². The molecule has 0 saturated carbocycles. The molecule has 78 valence electrons. The fraction of sp³-hybridized carbons (Fsp3) is 0.500. The Morgan fingerprint density at radius 2 is 2.21 bits per heavy atom. The topological polar surface area (TPSA) is 55.1 Å². The van der Waals surface area contributed by atoms with Crippen LogP contribution in [-0.2, 0) is 4.79 Å². The number of rotatable bonds is 2. The van der Waals surface area contributed by atoms with Gasteiger partial charge in [-0.25, -0.2) is 0 Å². The van der Waals surface area contributed by atoms with Gasteiger partial charge in [-0.3, -0.25) is 4.79 Å². The molecule has 14 heavy (non-hydrogen) atoms. The number of nitrogens with two attached hydrogens (primary N) is 1. The van der Waals surface area contributed by atoms with Crippen molar-refractivity contribution in [1.82, 2.24) is 5.32 Å². The molecule has 0 aliphatic heterocycles. The Bertz CT molecular complexity index is 300. The molecule has 1 aromatic rings. The number of hydrogen-bond donors (Lipinski definition) is 2. The maximum absolute atomic E-state index is 11.6. The van der Waals surface area contributed by atoms with E-state index in [4.69, 9.17) is 5.73 Å². The van der Waals surface area contributed by atoms with Crippen LogP contribution in [0.4, 0.5) is 0 Å². The van der Waals surface area contributed by atoms with E-state index in [1.807, 2.05) is 38.3 Å². The van der Waals surface area contributed by atoms with E-state index >= 15 is 0 Å². The highest BCUT2D eigenvalue weighted by Gasteiger charge is 2.21. The van der Waals surface area contributed by atoms with Crippen LogP contribution in [0.1, 0.15) is 31.7 Å². The quantitative estimate of drug-likeness (QED) is 0.783. The van der Waals surface area contributed by atoms with Gasteiger partial charge < -0.3 is 11.1 Å². The SMILES string of the molecule is CC(C)(C)NC(=O)C(N)c1cccs1. The van der Waals surface area contributed by atoms with E-state index in [0.717, 1.165) is 4.88 Å². The lowest BCUT2D eigenvalue weighted by molar-refractivity contribution is -0.123. The molecule has 1 atom stereocenters. The Kier molecular flexibility index (Phi) is 3.29. The van der Waals surface area contributed by atoms with Gasteiger partial charge in [-0.1, -0.05) is 6.07 Å². The van der Waals surface area contributed by atoms with Gasteiger partial charge >= 0.3 is 0 Å². The summed E-state index contributed by atoms with van der Waals surface area (Å²) in [5, 5.41) is 4.77. The molecule has 1 rings (SSSR count). The molecule has 1 aromatic heterocycles. The Balaban J connectivity index is 2.63. The van der Waals surface area contributed by atoms with Gasteiger partial charge in [0.15, 0.2) is 0 Å². The maximum Gasteiger partial charge on any atom is 0.242 e. The summed E-state index contributed by atoms with van der Waals surface area (Å²) in [6.07, 6.45) is 0. The summed E-state index contributed by atoms with van der Waals surface area (Å²) in [5.41, 5.74) is 5.56. The first-order valence-corrected chi connectivity index (χ1v) is 5.39. The summed E-state index contributed by atoms with van der Waals surface area (Å²) in [6, 6.07) is 3.22. The highest BCUT2D eigenvalue weighted by atomic mass is 32.1. The fourth-order valence-electron chi connectivity index (χ4n) is 1.04. The van der Waals surface area contributed by atoms with Crippen molar-refractivity contribution in [2.24, 2.45) is 5.73 Å². The largest absolute Gasteiger partial charge is 0.350 e. The summed E-state index contributed by atoms with van der Waals surface area (Å²) < 4.78 is 0. The minimum Gasteiger partial charge on any atom is -0.350 e. The minimum atomic E-state index is -0.547. The van der Waals surface area contributed by atoms with Crippen LogP contribution in [0, 0.1) is 0 Å². The number of carbonyl (C=O) groups excluding carboxylic acids is 1. The zero-order valence-corrected chi connectivity index (χ0v) is 9.52. The molecule has 0 saturated heterocycles. The number of carbonyl (C=O) groups is 1. The van der Waals surface area contributed by atoms with Gasteiger partial charge in [0, 0.05) is 10.4 Å². The maximum atomic E-state index is 11.6. The monoisotopic (exact) mass is 212 g/mol. The zero-order valence-electron chi connectivity index (χ0n) is 8.70. The molecular formula is C10H16N2OS. The molecule has 0 bridgehead atoms. The summed E-state index contributed by atoms with van der Waals surface area (Å²) in [4.78, 5) is 12.5. The third-order valence-corrected chi connectivity index (χ3v) is 2.59. The first-order chi connectivity index (χ1) is 6.40. The smallest absolute Gasteiger partial charge is 0.242 e. The molecule has 0 radical (unpaired) electrons. The first-order valence-electron chi connectivity index (χ1n) is 4.51. The predicted octanol–water partition coefficient (Wildman–Crippen LogP) is 1.66. The van der Waals surface area contributed by atoms with Crippen LogP contribution in [0.2, 0.25) is 0 Å². The third-order valence-electron chi connectivity index (χ3n) is 1.63. The van der Waals surface area contributed by atoms with Crippen LogP contribution in [-0.4, -0.2) is 11.4 Å². The van der Waals surface area contributed by atoms with Crippen LogP contribution < -0.4 is 11.1 Å². The Labute approximate surface area is 88.3 Å². The molecule has 1 unspecified atom stereocenters.